The van der Waals surface area contributed by atoms with E-state index in [9.17, 15) is 4.79 Å². The first-order valence-electron chi connectivity index (χ1n) is 5.28. The lowest BCUT2D eigenvalue weighted by molar-refractivity contribution is -0.141. The first kappa shape index (κ1) is 11.5. The molecule has 0 aliphatic heterocycles. The van der Waals surface area contributed by atoms with Crippen LogP contribution in [-0.2, 0) is 4.79 Å². The van der Waals surface area contributed by atoms with E-state index >= 15 is 0 Å². The normalized spacial score (nSPS) is 27.1. The third-order valence-electron chi connectivity index (χ3n) is 3.09. The maximum atomic E-state index is 10.7. The molecule has 1 fully saturated rings. The van der Waals surface area contributed by atoms with E-state index in [4.69, 9.17) is 10.8 Å². The number of carbonyl (C=O) groups is 1. The monoisotopic (exact) mass is 200 g/mol. The average molecular weight is 200 g/mol. The Kier molecular flexibility index (Phi) is 4.35. The van der Waals surface area contributed by atoms with Crippen LogP contribution < -0.4 is 5.73 Å². The molecule has 1 rings (SSSR count). The summed E-state index contributed by atoms with van der Waals surface area (Å²) < 4.78 is 0. The van der Waals surface area contributed by atoms with Crippen LogP contribution in [0.15, 0.2) is 0 Å². The summed E-state index contributed by atoms with van der Waals surface area (Å²) in [6.07, 6.45) is 3.63. The second-order valence-electron chi connectivity index (χ2n) is 4.12. The zero-order valence-electron chi connectivity index (χ0n) is 8.78. The van der Waals surface area contributed by atoms with Crippen molar-refractivity contribution in [2.24, 2.45) is 11.7 Å². The Morgan fingerprint density at radius 1 is 1.57 bits per heavy atom. The standard InChI is InChI=1S/C10H20N2O2/c1-12(6-2-5-11)9-4-3-8(7-9)10(13)14/h8-9H,2-7,11H2,1H3,(H,13,14). The molecule has 0 aromatic carbocycles. The molecule has 3 N–H and O–H groups in total. The van der Waals surface area contributed by atoms with Gasteiger partial charge in [0.15, 0.2) is 0 Å². The van der Waals surface area contributed by atoms with E-state index in [0.717, 1.165) is 32.2 Å². The molecule has 14 heavy (non-hydrogen) atoms. The van der Waals surface area contributed by atoms with Crippen LogP contribution in [0.1, 0.15) is 25.7 Å². The topological polar surface area (TPSA) is 66.6 Å². The highest BCUT2D eigenvalue weighted by atomic mass is 16.4. The second-order valence-corrected chi connectivity index (χ2v) is 4.12. The summed E-state index contributed by atoms with van der Waals surface area (Å²) in [6, 6.07) is 0.447. The van der Waals surface area contributed by atoms with Crippen molar-refractivity contribution in [1.82, 2.24) is 4.90 Å². The lowest BCUT2D eigenvalue weighted by atomic mass is 10.1. The zero-order chi connectivity index (χ0) is 10.6. The number of hydrogen-bond donors (Lipinski definition) is 2. The minimum Gasteiger partial charge on any atom is -0.481 e. The molecule has 0 amide bonds. The quantitative estimate of drug-likeness (QED) is 0.679. The van der Waals surface area contributed by atoms with Crippen molar-refractivity contribution < 1.29 is 9.90 Å². The van der Waals surface area contributed by atoms with Gasteiger partial charge in [-0.2, -0.15) is 0 Å². The molecule has 1 aliphatic rings. The van der Waals surface area contributed by atoms with Gasteiger partial charge in [-0.1, -0.05) is 0 Å². The molecule has 1 saturated carbocycles. The Balaban J connectivity index is 2.30. The Hall–Kier alpha value is -0.610. The van der Waals surface area contributed by atoms with E-state index in [1.807, 2.05) is 0 Å². The van der Waals surface area contributed by atoms with E-state index in [2.05, 4.69) is 11.9 Å². The molecule has 4 heteroatoms. The third-order valence-corrected chi connectivity index (χ3v) is 3.09. The van der Waals surface area contributed by atoms with Gasteiger partial charge in [-0.05, 0) is 45.8 Å². The third kappa shape index (κ3) is 2.96. The number of hydrogen-bond acceptors (Lipinski definition) is 3. The minimum absolute atomic E-state index is 0.125. The highest BCUT2D eigenvalue weighted by Crippen LogP contribution is 2.28. The zero-order valence-corrected chi connectivity index (χ0v) is 8.78. The van der Waals surface area contributed by atoms with Gasteiger partial charge in [0.1, 0.15) is 0 Å². The fourth-order valence-electron chi connectivity index (χ4n) is 2.11. The van der Waals surface area contributed by atoms with Gasteiger partial charge in [0.2, 0.25) is 0 Å². The van der Waals surface area contributed by atoms with Crippen LogP contribution >= 0.6 is 0 Å². The van der Waals surface area contributed by atoms with Crippen LogP contribution in [0, 0.1) is 5.92 Å². The fourth-order valence-corrected chi connectivity index (χ4v) is 2.11. The Morgan fingerprint density at radius 2 is 2.29 bits per heavy atom. The van der Waals surface area contributed by atoms with Gasteiger partial charge in [-0.25, -0.2) is 0 Å². The van der Waals surface area contributed by atoms with E-state index in [-0.39, 0.29) is 5.92 Å². The van der Waals surface area contributed by atoms with Crippen LogP contribution in [0.2, 0.25) is 0 Å². The molecule has 0 bridgehead atoms. The van der Waals surface area contributed by atoms with Crippen LogP contribution in [0.3, 0.4) is 0 Å². The van der Waals surface area contributed by atoms with E-state index < -0.39 is 5.97 Å². The predicted octanol–water partition coefficient (Wildman–Crippen LogP) is 0.520. The fraction of sp³-hybridized carbons (Fsp3) is 0.900. The van der Waals surface area contributed by atoms with Gasteiger partial charge in [-0.15, -0.1) is 0 Å². The maximum Gasteiger partial charge on any atom is 0.306 e. The van der Waals surface area contributed by atoms with E-state index in [1.54, 1.807) is 0 Å². The van der Waals surface area contributed by atoms with Crippen LogP contribution in [-0.4, -0.2) is 42.2 Å². The lowest BCUT2D eigenvalue weighted by Gasteiger charge is -2.23. The molecule has 0 spiro atoms. The van der Waals surface area contributed by atoms with Crippen molar-refractivity contribution in [2.45, 2.75) is 31.7 Å². The summed E-state index contributed by atoms with van der Waals surface area (Å²) >= 11 is 0. The molecule has 0 aromatic rings. The molecular weight excluding hydrogens is 180 g/mol. The van der Waals surface area contributed by atoms with Gasteiger partial charge >= 0.3 is 5.97 Å². The van der Waals surface area contributed by atoms with E-state index in [1.165, 1.54) is 0 Å². The molecule has 0 radical (unpaired) electrons. The number of rotatable bonds is 5. The molecule has 0 saturated heterocycles. The second kappa shape index (κ2) is 5.32. The molecule has 82 valence electrons. The SMILES string of the molecule is CN(CCCN)C1CCC(C(=O)O)C1. The van der Waals surface area contributed by atoms with E-state index in [0.29, 0.717) is 12.6 Å². The largest absolute Gasteiger partial charge is 0.481 e. The number of aliphatic carboxylic acids is 1. The molecule has 4 nitrogen and oxygen atoms in total. The summed E-state index contributed by atoms with van der Waals surface area (Å²) in [7, 11) is 2.06. The first-order chi connectivity index (χ1) is 6.65. The van der Waals surface area contributed by atoms with Gasteiger partial charge in [0.05, 0.1) is 5.92 Å². The minimum atomic E-state index is -0.639. The average Bonchev–Trinajstić information content (AvgIpc) is 2.62. The molecule has 0 aromatic heterocycles. The Morgan fingerprint density at radius 3 is 2.79 bits per heavy atom. The molecule has 1 aliphatic carbocycles. The lowest BCUT2D eigenvalue weighted by Crippen LogP contribution is -2.31. The molecular formula is C10H20N2O2. The highest BCUT2D eigenvalue weighted by Gasteiger charge is 2.31. The summed E-state index contributed by atoms with van der Waals surface area (Å²) in [4.78, 5) is 13.0. The van der Waals surface area contributed by atoms with Gasteiger partial charge in [-0.3, -0.25) is 4.79 Å². The molecule has 0 heterocycles. The Bertz CT molecular complexity index is 197. The van der Waals surface area contributed by atoms with Crippen LogP contribution in [0.5, 0.6) is 0 Å². The van der Waals surface area contributed by atoms with Crippen molar-refractivity contribution in [3.8, 4) is 0 Å². The summed E-state index contributed by atoms with van der Waals surface area (Å²) in [5.41, 5.74) is 5.43. The first-order valence-corrected chi connectivity index (χ1v) is 5.28. The Labute approximate surface area is 85.1 Å². The van der Waals surface area contributed by atoms with Crippen LogP contribution in [0.25, 0.3) is 0 Å². The van der Waals surface area contributed by atoms with Crippen molar-refractivity contribution in [1.29, 1.82) is 0 Å². The van der Waals surface area contributed by atoms with Crippen molar-refractivity contribution in [3.05, 3.63) is 0 Å². The van der Waals surface area contributed by atoms with Crippen molar-refractivity contribution >= 4 is 5.97 Å². The molecule has 2 atom stereocenters. The molecule has 2 unspecified atom stereocenters. The number of nitrogens with zero attached hydrogens (tertiary/aromatic N) is 1. The van der Waals surface area contributed by atoms with Gasteiger partial charge in [0.25, 0.3) is 0 Å². The van der Waals surface area contributed by atoms with Gasteiger partial charge < -0.3 is 15.7 Å². The highest BCUT2D eigenvalue weighted by molar-refractivity contribution is 5.70. The van der Waals surface area contributed by atoms with Gasteiger partial charge in [0, 0.05) is 6.04 Å². The maximum absolute atomic E-state index is 10.7. The smallest absolute Gasteiger partial charge is 0.306 e. The van der Waals surface area contributed by atoms with Crippen molar-refractivity contribution in [3.63, 3.8) is 0 Å². The number of carboxylic acids is 1. The predicted molar refractivity (Wildman–Crippen MR) is 55.1 cm³/mol. The van der Waals surface area contributed by atoms with Crippen LogP contribution in [0.4, 0.5) is 0 Å². The number of carboxylic acid groups (broad SMARTS) is 1. The summed E-state index contributed by atoms with van der Waals surface area (Å²) in [5.74, 6) is -0.764. The summed E-state index contributed by atoms with van der Waals surface area (Å²) in [5, 5.41) is 8.85. The van der Waals surface area contributed by atoms with Crippen molar-refractivity contribution in [2.75, 3.05) is 20.1 Å². The number of nitrogens with two attached hydrogens (primary N) is 1. The summed E-state index contributed by atoms with van der Waals surface area (Å²) in [6.45, 7) is 1.69.